The van der Waals surface area contributed by atoms with E-state index in [9.17, 15) is 9.90 Å². The molecule has 3 nitrogen and oxygen atoms in total. The van der Waals surface area contributed by atoms with Crippen LogP contribution in [0.3, 0.4) is 0 Å². The van der Waals surface area contributed by atoms with E-state index in [1.165, 1.54) is 0 Å². The highest BCUT2D eigenvalue weighted by Gasteiger charge is 2.43. The maximum Gasteiger partial charge on any atom is 0.311 e. The summed E-state index contributed by atoms with van der Waals surface area (Å²) in [5, 5.41) is 10.7. The van der Waals surface area contributed by atoms with E-state index < -0.39 is 12.0 Å². The van der Waals surface area contributed by atoms with E-state index in [1.807, 2.05) is 6.92 Å². The molecule has 114 valence electrons. The number of carbonyl (C=O) groups is 1. The standard InChI is InChI=1S/C17H28O3/c1-6-8-14(17(19)20-7-2)16(18)15-12(5)9-10-13(15)11(3)4/h6,12-16,18H,1,3,7-10H2,2,4-5H3/t12-,13+,14?,15?,16?/m1/s1. The lowest BCUT2D eigenvalue weighted by Gasteiger charge is -2.32. The van der Waals surface area contributed by atoms with Crippen LogP contribution in [0.1, 0.15) is 40.0 Å². The molecule has 1 N–H and O–H groups in total. The average molecular weight is 280 g/mol. The van der Waals surface area contributed by atoms with Gasteiger partial charge < -0.3 is 9.84 Å². The van der Waals surface area contributed by atoms with E-state index in [2.05, 4.69) is 20.1 Å². The van der Waals surface area contributed by atoms with Crippen molar-refractivity contribution < 1.29 is 14.6 Å². The molecule has 1 fully saturated rings. The third kappa shape index (κ3) is 3.72. The average Bonchev–Trinajstić information content (AvgIpc) is 2.77. The fourth-order valence-corrected chi connectivity index (χ4v) is 3.45. The van der Waals surface area contributed by atoms with Crippen molar-refractivity contribution in [2.45, 2.75) is 46.1 Å². The molecule has 1 aliphatic rings. The van der Waals surface area contributed by atoms with E-state index in [1.54, 1.807) is 13.0 Å². The molecule has 0 amide bonds. The van der Waals surface area contributed by atoms with Crippen molar-refractivity contribution in [1.29, 1.82) is 0 Å². The van der Waals surface area contributed by atoms with Crippen LogP contribution in [-0.2, 0) is 9.53 Å². The van der Waals surface area contributed by atoms with E-state index in [0.29, 0.717) is 24.9 Å². The molecule has 1 rings (SSSR count). The fourth-order valence-electron chi connectivity index (χ4n) is 3.45. The lowest BCUT2D eigenvalue weighted by molar-refractivity contribution is -0.154. The third-order valence-electron chi connectivity index (χ3n) is 4.50. The maximum absolute atomic E-state index is 12.1. The van der Waals surface area contributed by atoms with Crippen LogP contribution in [0, 0.1) is 23.7 Å². The summed E-state index contributed by atoms with van der Waals surface area (Å²) in [6.45, 7) is 14.0. The molecule has 0 spiro atoms. The number of esters is 1. The monoisotopic (exact) mass is 280 g/mol. The summed E-state index contributed by atoms with van der Waals surface area (Å²) in [5.74, 6) is -0.0589. The zero-order valence-electron chi connectivity index (χ0n) is 13.0. The van der Waals surface area contributed by atoms with Gasteiger partial charge in [-0.3, -0.25) is 4.79 Å². The van der Waals surface area contributed by atoms with Crippen LogP contribution >= 0.6 is 0 Å². The molecule has 0 aromatic carbocycles. The summed E-state index contributed by atoms with van der Waals surface area (Å²) < 4.78 is 5.10. The Morgan fingerprint density at radius 3 is 2.65 bits per heavy atom. The van der Waals surface area contributed by atoms with Gasteiger partial charge in [0.25, 0.3) is 0 Å². The van der Waals surface area contributed by atoms with Gasteiger partial charge in [0.05, 0.1) is 18.6 Å². The molecule has 5 atom stereocenters. The smallest absolute Gasteiger partial charge is 0.311 e. The van der Waals surface area contributed by atoms with Crippen molar-refractivity contribution in [1.82, 2.24) is 0 Å². The Labute approximate surface area is 122 Å². The number of aliphatic hydroxyl groups excluding tert-OH is 1. The Balaban J connectivity index is 2.91. The molecule has 3 heteroatoms. The Kier molecular flexibility index (Phi) is 6.47. The first-order chi connectivity index (χ1) is 9.43. The molecule has 1 aliphatic carbocycles. The lowest BCUT2D eigenvalue weighted by atomic mass is 9.76. The first-order valence-electron chi connectivity index (χ1n) is 7.55. The van der Waals surface area contributed by atoms with Crippen molar-refractivity contribution in [2.24, 2.45) is 23.7 Å². The van der Waals surface area contributed by atoms with Crippen LogP contribution in [0.4, 0.5) is 0 Å². The van der Waals surface area contributed by atoms with Crippen LogP contribution in [0.2, 0.25) is 0 Å². The van der Waals surface area contributed by atoms with Crippen LogP contribution in [0.25, 0.3) is 0 Å². The minimum Gasteiger partial charge on any atom is -0.466 e. The van der Waals surface area contributed by atoms with Crippen LogP contribution in [-0.4, -0.2) is 23.8 Å². The molecule has 0 aromatic rings. The van der Waals surface area contributed by atoms with Crippen molar-refractivity contribution in [2.75, 3.05) is 6.61 Å². The number of ether oxygens (including phenoxy) is 1. The number of hydrogen-bond acceptors (Lipinski definition) is 3. The second-order valence-corrected chi connectivity index (χ2v) is 5.96. The molecule has 0 bridgehead atoms. The van der Waals surface area contributed by atoms with Crippen LogP contribution in [0.5, 0.6) is 0 Å². The highest BCUT2D eigenvalue weighted by Crippen LogP contribution is 2.44. The maximum atomic E-state index is 12.1. The summed E-state index contributed by atoms with van der Waals surface area (Å²) in [5.41, 5.74) is 1.10. The molecule has 0 saturated heterocycles. The summed E-state index contributed by atoms with van der Waals surface area (Å²) in [7, 11) is 0. The van der Waals surface area contributed by atoms with E-state index in [-0.39, 0.29) is 11.9 Å². The second-order valence-electron chi connectivity index (χ2n) is 5.96. The molecule has 3 unspecified atom stereocenters. The molecular weight excluding hydrogens is 252 g/mol. The van der Waals surface area contributed by atoms with Crippen molar-refractivity contribution in [3.8, 4) is 0 Å². The minimum atomic E-state index is -0.689. The van der Waals surface area contributed by atoms with Gasteiger partial charge in [0.2, 0.25) is 0 Å². The fraction of sp³-hybridized carbons (Fsp3) is 0.706. The Morgan fingerprint density at radius 2 is 2.15 bits per heavy atom. The topological polar surface area (TPSA) is 46.5 Å². The summed E-state index contributed by atoms with van der Waals surface area (Å²) >= 11 is 0. The van der Waals surface area contributed by atoms with Gasteiger partial charge in [-0.25, -0.2) is 0 Å². The molecule has 0 aromatic heterocycles. The van der Waals surface area contributed by atoms with Gasteiger partial charge in [-0.1, -0.05) is 25.2 Å². The van der Waals surface area contributed by atoms with Gasteiger partial charge in [-0.05, 0) is 50.9 Å². The predicted octanol–water partition coefficient (Wildman–Crippen LogP) is 3.34. The van der Waals surface area contributed by atoms with Gasteiger partial charge in [0.1, 0.15) is 0 Å². The minimum absolute atomic E-state index is 0.0851. The highest BCUT2D eigenvalue weighted by molar-refractivity contribution is 5.73. The zero-order chi connectivity index (χ0) is 15.3. The van der Waals surface area contributed by atoms with Crippen LogP contribution in [0.15, 0.2) is 24.8 Å². The van der Waals surface area contributed by atoms with Crippen LogP contribution < -0.4 is 0 Å². The van der Waals surface area contributed by atoms with Gasteiger partial charge >= 0.3 is 5.97 Å². The zero-order valence-corrected chi connectivity index (χ0v) is 13.0. The van der Waals surface area contributed by atoms with Crippen molar-refractivity contribution >= 4 is 5.97 Å². The number of allylic oxidation sites excluding steroid dienone is 2. The summed E-state index contributed by atoms with van der Waals surface area (Å²) in [6.07, 6.45) is 3.56. The molecular formula is C17H28O3. The number of hydrogen-bond donors (Lipinski definition) is 1. The normalized spacial score (nSPS) is 28.7. The Hall–Kier alpha value is -1.09. The second kappa shape index (κ2) is 7.63. The van der Waals surface area contributed by atoms with E-state index >= 15 is 0 Å². The van der Waals surface area contributed by atoms with Crippen molar-refractivity contribution in [3.05, 3.63) is 24.8 Å². The largest absolute Gasteiger partial charge is 0.466 e. The highest BCUT2D eigenvalue weighted by atomic mass is 16.5. The number of rotatable bonds is 7. The first kappa shape index (κ1) is 17.0. The Bertz CT molecular complexity index is 361. The molecule has 1 saturated carbocycles. The number of aliphatic hydroxyl groups is 1. The quantitative estimate of drug-likeness (QED) is 0.574. The predicted molar refractivity (Wildman–Crippen MR) is 81.1 cm³/mol. The van der Waals surface area contributed by atoms with E-state index in [4.69, 9.17) is 4.74 Å². The summed E-state index contributed by atoms with van der Waals surface area (Å²) in [4.78, 5) is 12.1. The Morgan fingerprint density at radius 1 is 1.50 bits per heavy atom. The molecule has 20 heavy (non-hydrogen) atoms. The van der Waals surface area contributed by atoms with Gasteiger partial charge in [-0.2, -0.15) is 0 Å². The number of carbonyl (C=O) groups excluding carboxylic acids is 1. The third-order valence-corrected chi connectivity index (χ3v) is 4.50. The first-order valence-corrected chi connectivity index (χ1v) is 7.55. The molecule has 0 aliphatic heterocycles. The lowest BCUT2D eigenvalue weighted by Crippen LogP contribution is -2.39. The SMILES string of the molecule is C=CCC(C(=O)OCC)C(O)C1[C@H](C)CC[C@H]1C(=C)C. The van der Waals surface area contributed by atoms with Gasteiger partial charge in [0, 0.05) is 0 Å². The van der Waals surface area contributed by atoms with Gasteiger partial charge in [0.15, 0.2) is 0 Å². The summed E-state index contributed by atoms with van der Waals surface area (Å²) in [6, 6.07) is 0. The molecule has 0 heterocycles. The van der Waals surface area contributed by atoms with Gasteiger partial charge in [-0.15, -0.1) is 6.58 Å². The van der Waals surface area contributed by atoms with Crippen molar-refractivity contribution in [3.63, 3.8) is 0 Å². The van der Waals surface area contributed by atoms with E-state index in [0.717, 1.165) is 18.4 Å². The molecule has 0 radical (unpaired) electrons.